The predicted molar refractivity (Wildman–Crippen MR) is 191 cm³/mol. The van der Waals surface area contributed by atoms with Crippen LogP contribution in [-0.2, 0) is 30.2 Å². The van der Waals surface area contributed by atoms with Crippen LogP contribution in [0.25, 0.3) is 10.1 Å². The molecule has 2 aromatic carbocycles. The minimum atomic E-state index is -0.764. The average Bonchev–Trinajstić information content (AvgIpc) is 3.83. The Bertz CT molecular complexity index is 1670. The van der Waals surface area contributed by atoms with Crippen molar-refractivity contribution in [3.05, 3.63) is 63.7 Å². The smallest absolute Gasteiger partial charge is 0.306 e. The van der Waals surface area contributed by atoms with Gasteiger partial charge in [-0.1, -0.05) is 29.8 Å². The lowest BCUT2D eigenvalue weighted by Gasteiger charge is -2.35. The monoisotopic (exact) mass is 729 g/mol. The summed E-state index contributed by atoms with van der Waals surface area (Å²) in [4.78, 5) is 42.8. The number of anilines is 1. The molecule has 10 nitrogen and oxygen atoms in total. The van der Waals surface area contributed by atoms with E-state index in [1.54, 1.807) is 19.6 Å². The van der Waals surface area contributed by atoms with Crippen molar-refractivity contribution < 1.29 is 38.1 Å². The third kappa shape index (κ3) is 8.16. The third-order valence-electron chi connectivity index (χ3n) is 10.5. The largest absolute Gasteiger partial charge is 0.481 e. The van der Waals surface area contributed by atoms with Gasteiger partial charge in [-0.05, 0) is 68.7 Å². The molecule has 3 fully saturated rings. The number of amides is 2. The Morgan fingerprint density at radius 1 is 0.980 bits per heavy atom. The summed E-state index contributed by atoms with van der Waals surface area (Å²) in [6.07, 6.45) is 4.81. The highest BCUT2D eigenvalue weighted by Gasteiger charge is 2.45. The first-order valence-electron chi connectivity index (χ1n) is 17.3. The molecule has 3 aromatic rings. The van der Waals surface area contributed by atoms with Crippen LogP contribution in [0.4, 0.5) is 10.1 Å². The molecule has 0 radical (unpaired) electrons. The van der Waals surface area contributed by atoms with E-state index in [4.69, 9.17) is 25.8 Å². The van der Waals surface area contributed by atoms with Gasteiger partial charge in [0.05, 0.1) is 60.6 Å². The second kappa shape index (κ2) is 16.5. The van der Waals surface area contributed by atoms with Crippen LogP contribution in [0.5, 0.6) is 0 Å². The van der Waals surface area contributed by atoms with Crippen molar-refractivity contribution in [2.24, 2.45) is 5.92 Å². The zero-order valence-electron chi connectivity index (χ0n) is 28.4. The van der Waals surface area contributed by atoms with Crippen LogP contribution in [0.3, 0.4) is 0 Å². The van der Waals surface area contributed by atoms with Crippen LogP contribution >= 0.6 is 22.9 Å². The van der Waals surface area contributed by atoms with Crippen LogP contribution < -0.4 is 5.32 Å². The molecule has 1 aliphatic carbocycles. The lowest BCUT2D eigenvalue weighted by atomic mass is 9.87. The molecule has 2 aliphatic heterocycles. The number of carboxylic acid groups (broad SMARTS) is 1. The fourth-order valence-corrected chi connectivity index (χ4v) is 9.20. The lowest BCUT2D eigenvalue weighted by Crippen LogP contribution is -2.49. The molecule has 4 atom stereocenters. The van der Waals surface area contributed by atoms with Gasteiger partial charge < -0.3 is 29.5 Å². The summed E-state index contributed by atoms with van der Waals surface area (Å²) in [5, 5.41) is 14.8. The second-order valence-corrected chi connectivity index (χ2v) is 15.0. The van der Waals surface area contributed by atoms with Crippen molar-refractivity contribution in [1.29, 1.82) is 0 Å². The van der Waals surface area contributed by atoms with Gasteiger partial charge in [-0.25, -0.2) is 4.39 Å². The molecule has 1 aromatic heterocycles. The standard InChI is InChI=1S/C37H45ClFN3O7S/c1-47-18-24-9-10-25(19-48-2)42(24)26-15-27(20-49-28-11-7-22(8-12-28)37(45)46)41(17-26)35(43)14-23-13-31(38)33(16-32(23)39)40-36(44)30-21-50-34-6-4-3-5-29(30)34/h3-6,13,16,21-22,24-28H,7-12,14-15,17-20H2,1-2H3,(H,40,44)(H,45,46)/t22?,24-,25-,26?,27+,28?/m1/s1. The minimum Gasteiger partial charge on any atom is -0.481 e. The van der Waals surface area contributed by atoms with Gasteiger partial charge in [0.15, 0.2) is 0 Å². The highest BCUT2D eigenvalue weighted by molar-refractivity contribution is 7.17. The number of hydrogen-bond donors (Lipinski definition) is 2. The van der Waals surface area contributed by atoms with E-state index in [1.165, 1.54) is 23.5 Å². The highest BCUT2D eigenvalue weighted by Crippen LogP contribution is 2.35. The van der Waals surface area contributed by atoms with Crippen LogP contribution in [-0.4, -0.2) is 104 Å². The van der Waals surface area contributed by atoms with E-state index in [0.717, 1.165) is 22.9 Å². The lowest BCUT2D eigenvalue weighted by molar-refractivity contribution is -0.144. The molecule has 0 bridgehead atoms. The van der Waals surface area contributed by atoms with E-state index in [2.05, 4.69) is 10.2 Å². The topological polar surface area (TPSA) is 118 Å². The van der Waals surface area contributed by atoms with Crippen LogP contribution in [0.15, 0.2) is 41.8 Å². The number of carboxylic acids is 1. The van der Waals surface area contributed by atoms with Crippen molar-refractivity contribution in [1.82, 2.24) is 9.80 Å². The number of thiophene rings is 1. The van der Waals surface area contributed by atoms with Gasteiger partial charge in [0.2, 0.25) is 5.91 Å². The Hall–Kier alpha value is -3.13. The first kappa shape index (κ1) is 36.7. The number of nitrogens with one attached hydrogen (secondary N) is 1. The van der Waals surface area contributed by atoms with E-state index in [9.17, 15) is 19.5 Å². The Labute approximate surface area is 300 Å². The summed E-state index contributed by atoms with van der Waals surface area (Å²) in [6, 6.07) is 10.3. The molecule has 3 heterocycles. The van der Waals surface area contributed by atoms with Gasteiger partial charge >= 0.3 is 5.97 Å². The fourth-order valence-electron chi connectivity index (χ4n) is 8.02. The van der Waals surface area contributed by atoms with E-state index < -0.39 is 17.7 Å². The maximum absolute atomic E-state index is 15.6. The minimum absolute atomic E-state index is 0.0392. The Morgan fingerprint density at radius 3 is 2.36 bits per heavy atom. The number of carbonyl (C=O) groups is 3. The average molecular weight is 730 g/mol. The van der Waals surface area contributed by atoms with E-state index in [0.29, 0.717) is 64.0 Å². The number of aliphatic carboxylic acids is 1. The van der Waals surface area contributed by atoms with E-state index >= 15 is 4.39 Å². The Balaban J connectivity index is 1.17. The number of ether oxygens (including phenoxy) is 3. The molecule has 13 heteroatoms. The predicted octanol–water partition coefficient (Wildman–Crippen LogP) is 6.24. The van der Waals surface area contributed by atoms with Crippen molar-refractivity contribution in [3.63, 3.8) is 0 Å². The van der Waals surface area contributed by atoms with Gasteiger partial charge in [0.25, 0.3) is 5.91 Å². The number of methoxy groups -OCH3 is 2. The third-order valence-corrected chi connectivity index (χ3v) is 11.8. The molecular weight excluding hydrogens is 685 g/mol. The normalized spacial score (nSPS) is 25.7. The summed E-state index contributed by atoms with van der Waals surface area (Å²) in [6.45, 7) is 1.92. The molecule has 1 saturated carbocycles. The first-order chi connectivity index (χ1) is 24.2. The SMILES string of the molecule is COC[C@H]1CC[C@H](COC)N1C1C[C@@H](COC2CCC(C(=O)O)CC2)N(C(=O)Cc2cc(Cl)c(NC(=O)c3csc4ccccc34)cc2F)C1. The first-order valence-corrected chi connectivity index (χ1v) is 18.6. The Kier molecular flexibility index (Phi) is 12.1. The molecule has 50 heavy (non-hydrogen) atoms. The molecule has 270 valence electrons. The maximum atomic E-state index is 15.6. The molecule has 2 amide bonds. The van der Waals surface area contributed by atoms with E-state index in [1.807, 2.05) is 29.2 Å². The Morgan fingerprint density at radius 2 is 1.68 bits per heavy atom. The quantitative estimate of drug-likeness (QED) is 0.212. The van der Waals surface area contributed by atoms with Crippen LogP contribution in [0.1, 0.15) is 60.9 Å². The summed E-state index contributed by atoms with van der Waals surface area (Å²) >= 11 is 8.02. The van der Waals surface area contributed by atoms with Crippen molar-refractivity contribution >= 4 is 56.5 Å². The van der Waals surface area contributed by atoms with Gasteiger partial charge in [-0.3, -0.25) is 19.3 Å². The van der Waals surface area contributed by atoms with Gasteiger partial charge in [-0.2, -0.15) is 0 Å². The number of nitrogens with zero attached hydrogens (tertiary/aromatic N) is 2. The van der Waals surface area contributed by atoms with Gasteiger partial charge in [0.1, 0.15) is 5.82 Å². The zero-order valence-corrected chi connectivity index (χ0v) is 30.0. The van der Waals surface area contributed by atoms with Crippen molar-refractivity contribution in [2.75, 3.05) is 45.9 Å². The molecule has 3 aliphatic rings. The molecule has 2 saturated heterocycles. The van der Waals surface area contributed by atoms with Gasteiger partial charge in [0, 0.05) is 54.4 Å². The maximum Gasteiger partial charge on any atom is 0.306 e. The second-order valence-electron chi connectivity index (χ2n) is 13.7. The van der Waals surface area contributed by atoms with E-state index in [-0.39, 0.29) is 64.8 Å². The van der Waals surface area contributed by atoms with Crippen LogP contribution in [0.2, 0.25) is 5.02 Å². The summed E-state index contributed by atoms with van der Waals surface area (Å²) < 4.78 is 34.1. The molecule has 2 N–H and O–H groups in total. The zero-order chi connectivity index (χ0) is 35.4. The number of carbonyl (C=O) groups excluding carboxylic acids is 2. The van der Waals surface area contributed by atoms with Crippen LogP contribution in [0, 0.1) is 11.7 Å². The van der Waals surface area contributed by atoms with Crippen molar-refractivity contribution in [3.8, 4) is 0 Å². The fraction of sp³-hybridized carbons (Fsp3) is 0.541. The highest BCUT2D eigenvalue weighted by atomic mass is 35.5. The molecule has 1 unspecified atom stereocenters. The van der Waals surface area contributed by atoms with Crippen molar-refractivity contribution in [2.45, 2.75) is 81.6 Å². The molecule has 0 spiro atoms. The number of rotatable bonds is 13. The summed E-state index contributed by atoms with van der Waals surface area (Å²) in [5.41, 5.74) is 0.754. The summed E-state index contributed by atoms with van der Waals surface area (Å²) in [5.74, 6) is -2.37. The number of fused-ring (bicyclic) bond motifs is 1. The summed E-state index contributed by atoms with van der Waals surface area (Å²) in [7, 11) is 3.39. The molecular formula is C37H45ClFN3O7S. The number of likely N-dealkylation sites (tertiary alicyclic amines) is 2. The number of benzene rings is 2. The number of hydrogen-bond acceptors (Lipinski definition) is 8. The number of halogens is 2. The van der Waals surface area contributed by atoms with Gasteiger partial charge in [-0.15, -0.1) is 11.3 Å². The molecule has 6 rings (SSSR count).